The fraction of sp³-hybridized carbons (Fsp3) is 0.231. The summed E-state index contributed by atoms with van der Waals surface area (Å²) in [6.45, 7) is 4.10. The number of anilines is 1. The molecule has 1 aliphatic heterocycles. The number of halogens is 1. The van der Waals surface area contributed by atoms with E-state index in [-0.39, 0.29) is 29.6 Å². The Hall–Kier alpha value is -2.72. The molecule has 3 aromatic carbocycles. The summed E-state index contributed by atoms with van der Waals surface area (Å²) in [5, 5.41) is 0. The van der Waals surface area contributed by atoms with Gasteiger partial charge < -0.3 is 0 Å². The summed E-state index contributed by atoms with van der Waals surface area (Å²) >= 11 is 3.48. The average molecular weight is 458 g/mol. The molecule has 0 aromatic heterocycles. The highest BCUT2D eigenvalue weighted by molar-refractivity contribution is 9.10. The predicted molar refractivity (Wildman–Crippen MR) is 120 cm³/mol. The van der Waals surface area contributed by atoms with Gasteiger partial charge in [0.25, 0.3) is 0 Å². The number of hydrogen-bond acceptors (Lipinski definition) is 2. The van der Waals surface area contributed by atoms with Crippen molar-refractivity contribution >= 4 is 33.4 Å². The van der Waals surface area contributed by atoms with Gasteiger partial charge in [-0.2, -0.15) is 0 Å². The van der Waals surface area contributed by atoms with Crippen molar-refractivity contribution in [3.8, 4) is 0 Å². The molecular weight excluding hydrogens is 438 g/mol. The molecule has 4 heteroatoms. The number of benzene rings is 3. The van der Waals surface area contributed by atoms with Crippen LogP contribution in [0.4, 0.5) is 5.69 Å². The molecule has 2 atom stereocenters. The monoisotopic (exact) mass is 457 g/mol. The lowest BCUT2D eigenvalue weighted by Crippen LogP contribution is -2.51. The number of aryl methyl sites for hydroxylation is 1. The SMILES string of the molecule is Cc1cc(Br)ccc1N1C(=O)C2C3c4ccccc4C(C)(c4ccccc43)C2C1=O. The number of rotatable bonds is 1. The van der Waals surface area contributed by atoms with E-state index in [4.69, 9.17) is 0 Å². The van der Waals surface area contributed by atoms with Crippen molar-refractivity contribution in [2.45, 2.75) is 25.2 Å². The van der Waals surface area contributed by atoms with Crippen LogP contribution in [-0.4, -0.2) is 11.8 Å². The van der Waals surface area contributed by atoms with E-state index in [9.17, 15) is 9.59 Å². The highest BCUT2D eigenvalue weighted by Gasteiger charge is 2.66. The second-order valence-electron chi connectivity index (χ2n) is 8.80. The quantitative estimate of drug-likeness (QED) is 0.463. The number of amides is 2. The van der Waals surface area contributed by atoms with E-state index in [0.717, 1.165) is 10.0 Å². The number of carbonyl (C=O) groups is 2. The van der Waals surface area contributed by atoms with Gasteiger partial charge in [0.1, 0.15) is 0 Å². The Kier molecular flexibility index (Phi) is 3.57. The van der Waals surface area contributed by atoms with Crippen LogP contribution < -0.4 is 4.90 Å². The van der Waals surface area contributed by atoms with Crippen LogP contribution in [0.5, 0.6) is 0 Å². The van der Waals surface area contributed by atoms with E-state index < -0.39 is 5.41 Å². The Morgan fingerprint density at radius 3 is 2.07 bits per heavy atom. The van der Waals surface area contributed by atoms with E-state index in [1.54, 1.807) is 0 Å². The molecule has 1 heterocycles. The normalized spacial score (nSPS) is 28.4. The van der Waals surface area contributed by atoms with E-state index in [1.807, 2.05) is 49.4 Å². The Labute approximate surface area is 183 Å². The Morgan fingerprint density at radius 1 is 0.867 bits per heavy atom. The van der Waals surface area contributed by atoms with Gasteiger partial charge in [-0.05, 0) is 52.9 Å². The van der Waals surface area contributed by atoms with Crippen LogP contribution in [0, 0.1) is 18.8 Å². The minimum atomic E-state index is -0.517. The molecule has 2 bridgehead atoms. The third-order valence-electron chi connectivity index (χ3n) is 7.44. The first-order valence-corrected chi connectivity index (χ1v) is 11.1. The van der Waals surface area contributed by atoms with Crippen molar-refractivity contribution in [2.75, 3.05) is 4.90 Å². The van der Waals surface area contributed by atoms with Crippen LogP contribution in [0.15, 0.2) is 71.2 Å². The minimum Gasteiger partial charge on any atom is -0.274 e. The summed E-state index contributed by atoms with van der Waals surface area (Å²) in [6.07, 6.45) is 0. The maximum Gasteiger partial charge on any atom is 0.238 e. The highest BCUT2D eigenvalue weighted by atomic mass is 79.9. The first-order chi connectivity index (χ1) is 14.4. The Balaban J connectivity index is 1.62. The largest absolute Gasteiger partial charge is 0.274 e. The molecular formula is C26H20BrNO2. The van der Waals surface area contributed by atoms with Crippen molar-refractivity contribution in [1.29, 1.82) is 0 Å². The summed E-state index contributed by atoms with van der Waals surface area (Å²) < 4.78 is 0.937. The molecule has 148 valence electrons. The van der Waals surface area contributed by atoms with Crippen LogP contribution in [-0.2, 0) is 15.0 Å². The molecule has 1 saturated heterocycles. The van der Waals surface area contributed by atoms with Gasteiger partial charge in [0.15, 0.2) is 0 Å². The van der Waals surface area contributed by atoms with Gasteiger partial charge in [-0.15, -0.1) is 0 Å². The number of carbonyl (C=O) groups excluding carboxylic acids is 2. The molecule has 3 aromatic rings. The molecule has 0 radical (unpaired) electrons. The maximum atomic E-state index is 13.9. The van der Waals surface area contributed by atoms with E-state index >= 15 is 0 Å². The molecule has 2 amide bonds. The standard InChI is InChI=1S/C26H20BrNO2/c1-14-13-15(27)11-12-20(14)28-24(29)22-21-16-7-3-5-9-18(16)26(2,23(22)25(28)30)19-10-6-4-8-17(19)21/h3-13,21-23H,1-2H3. The summed E-state index contributed by atoms with van der Waals surface area (Å²) in [5.74, 6) is -0.984. The fourth-order valence-corrected chi connectivity index (χ4v) is 6.73. The van der Waals surface area contributed by atoms with Gasteiger partial charge in [-0.25, -0.2) is 4.90 Å². The first kappa shape index (κ1) is 18.1. The zero-order chi connectivity index (χ0) is 20.8. The molecule has 3 nitrogen and oxygen atoms in total. The second kappa shape index (κ2) is 5.92. The number of nitrogens with zero attached hydrogens (tertiary/aromatic N) is 1. The molecule has 3 aliphatic carbocycles. The molecule has 30 heavy (non-hydrogen) atoms. The smallest absolute Gasteiger partial charge is 0.238 e. The molecule has 4 aliphatic rings. The average Bonchev–Trinajstić information content (AvgIpc) is 3.01. The summed E-state index contributed by atoms with van der Waals surface area (Å²) in [7, 11) is 0. The van der Waals surface area contributed by atoms with Gasteiger partial charge in [0.2, 0.25) is 11.8 Å². The second-order valence-corrected chi connectivity index (χ2v) is 9.72. The van der Waals surface area contributed by atoms with Crippen molar-refractivity contribution < 1.29 is 9.59 Å². The lowest BCUT2D eigenvalue weighted by molar-refractivity contribution is -0.123. The van der Waals surface area contributed by atoms with E-state index in [0.29, 0.717) is 5.69 Å². The predicted octanol–water partition coefficient (Wildman–Crippen LogP) is 5.33. The first-order valence-electron chi connectivity index (χ1n) is 10.3. The number of imide groups is 1. The molecule has 1 fully saturated rings. The molecule has 0 saturated carbocycles. The topological polar surface area (TPSA) is 37.4 Å². The number of hydrogen-bond donors (Lipinski definition) is 0. The molecule has 2 unspecified atom stereocenters. The Morgan fingerprint density at radius 2 is 1.47 bits per heavy atom. The summed E-state index contributed by atoms with van der Waals surface area (Å²) in [4.78, 5) is 29.2. The summed E-state index contributed by atoms with van der Waals surface area (Å²) in [5.41, 5.74) is 5.84. The van der Waals surface area contributed by atoms with Crippen molar-refractivity contribution in [2.24, 2.45) is 11.8 Å². The third kappa shape index (κ3) is 2.00. The van der Waals surface area contributed by atoms with E-state index in [2.05, 4.69) is 47.1 Å². The zero-order valence-corrected chi connectivity index (χ0v) is 18.3. The van der Waals surface area contributed by atoms with Crippen molar-refractivity contribution in [1.82, 2.24) is 0 Å². The minimum absolute atomic E-state index is 0.0735. The molecule has 0 N–H and O–H groups in total. The van der Waals surface area contributed by atoms with Gasteiger partial charge in [-0.1, -0.05) is 71.4 Å². The maximum absolute atomic E-state index is 13.9. The fourth-order valence-electron chi connectivity index (χ4n) is 6.26. The summed E-state index contributed by atoms with van der Waals surface area (Å²) in [6, 6.07) is 22.4. The van der Waals surface area contributed by atoms with Crippen LogP contribution in [0.3, 0.4) is 0 Å². The van der Waals surface area contributed by atoms with Crippen LogP contribution in [0.1, 0.15) is 40.7 Å². The highest BCUT2D eigenvalue weighted by Crippen LogP contribution is 2.64. The third-order valence-corrected chi connectivity index (χ3v) is 7.94. The van der Waals surface area contributed by atoms with Gasteiger partial charge in [-0.3, -0.25) is 9.59 Å². The van der Waals surface area contributed by atoms with Gasteiger partial charge >= 0.3 is 0 Å². The van der Waals surface area contributed by atoms with Gasteiger partial charge in [0.05, 0.1) is 17.5 Å². The lowest BCUT2D eigenvalue weighted by atomic mass is 9.48. The van der Waals surface area contributed by atoms with Crippen molar-refractivity contribution in [3.05, 3.63) is 99.0 Å². The van der Waals surface area contributed by atoms with Crippen molar-refractivity contribution in [3.63, 3.8) is 0 Å². The Bertz CT molecular complexity index is 1220. The van der Waals surface area contributed by atoms with E-state index in [1.165, 1.54) is 27.2 Å². The molecule has 0 spiro atoms. The van der Waals surface area contributed by atoms with Crippen LogP contribution in [0.25, 0.3) is 0 Å². The van der Waals surface area contributed by atoms with Gasteiger partial charge in [0, 0.05) is 15.8 Å². The van der Waals surface area contributed by atoms with Crippen LogP contribution in [0.2, 0.25) is 0 Å². The lowest BCUT2D eigenvalue weighted by Gasteiger charge is -2.52. The zero-order valence-electron chi connectivity index (χ0n) is 16.7. The molecule has 7 rings (SSSR count). The van der Waals surface area contributed by atoms with Crippen LogP contribution >= 0.6 is 15.9 Å².